The van der Waals surface area contributed by atoms with Gasteiger partial charge < -0.3 is 9.88 Å². The van der Waals surface area contributed by atoms with E-state index in [1.807, 2.05) is 24.5 Å². The zero-order valence-electron chi connectivity index (χ0n) is 13.9. The molecule has 0 bridgehead atoms. The Morgan fingerprint density at radius 2 is 1.84 bits per heavy atom. The van der Waals surface area contributed by atoms with Crippen LogP contribution >= 0.6 is 0 Å². The molecule has 3 rings (SSSR count). The van der Waals surface area contributed by atoms with Gasteiger partial charge >= 0.3 is 0 Å². The van der Waals surface area contributed by atoms with Crippen LogP contribution in [0.3, 0.4) is 0 Å². The number of carbonyl (C=O) groups excluding carboxylic acids is 1. The highest BCUT2D eigenvalue weighted by atomic mass is 19.1. The zero-order valence-corrected chi connectivity index (χ0v) is 13.9. The normalized spacial score (nSPS) is 10.3. The number of nitrogens with zero attached hydrogens (tertiary/aromatic N) is 2. The number of rotatable bonds is 3. The zero-order chi connectivity index (χ0) is 18.0. The third-order valence-corrected chi connectivity index (χ3v) is 4.01. The molecule has 0 saturated heterocycles. The van der Waals surface area contributed by atoms with Crippen LogP contribution in [0.5, 0.6) is 0 Å². The quantitative estimate of drug-likeness (QED) is 0.774. The van der Waals surface area contributed by atoms with Crippen molar-refractivity contribution in [1.82, 2.24) is 4.57 Å². The van der Waals surface area contributed by atoms with Gasteiger partial charge in [-0.25, -0.2) is 4.39 Å². The van der Waals surface area contributed by atoms with Gasteiger partial charge in [0.1, 0.15) is 5.82 Å². The molecule has 0 fully saturated rings. The maximum atomic E-state index is 13.1. The smallest absolute Gasteiger partial charge is 0.257 e. The van der Waals surface area contributed by atoms with Crippen LogP contribution in [0, 0.1) is 31.0 Å². The average molecular weight is 333 g/mol. The fourth-order valence-electron chi connectivity index (χ4n) is 2.85. The molecule has 0 atom stereocenters. The standard InChI is InChI=1S/C20H16FN3O/c1-13-10-19(14(2)24(13)18-8-6-16(21)7-9-18)20(25)23-17-5-3-4-15(11-17)12-22/h3-11H,1-2H3,(H,23,25). The maximum Gasteiger partial charge on any atom is 0.257 e. The molecule has 0 radical (unpaired) electrons. The minimum absolute atomic E-state index is 0.253. The molecule has 2 aromatic carbocycles. The molecular weight excluding hydrogens is 317 g/mol. The lowest BCUT2D eigenvalue weighted by Gasteiger charge is -2.10. The highest BCUT2D eigenvalue weighted by molar-refractivity contribution is 6.05. The summed E-state index contributed by atoms with van der Waals surface area (Å²) in [6.07, 6.45) is 0. The second-order valence-corrected chi connectivity index (χ2v) is 5.74. The molecule has 3 aromatic rings. The number of anilines is 1. The molecule has 0 unspecified atom stereocenters. The number of amides is 1. The summed E-state index contributed by atoms with van der Waals surface area (Å²) in [4.78, 5) is 12.6. The van der Waals surface area contributed by atoms with Crippen molar-refractivity contribution in [2.24, 2.45) is 0 Å². The molecule has 0 aliphatic rings. The number of halogens is 1. The second kappa shape index (κ2) is 6.62. The van der Waals surface area contributed by atoms with Crippen LogP contribution in [0.15, 0.2) is 54.6 Å². The van der Waals surface area contributed by atoms with Crippen molar-refractivity contribution in [3.8, 4) is 11.8 Å². The van der Waals surface area contributed by atoms with Gasteiger partial charge in [0.2, 0.25) is 0 Å². The molecule has 1 heterocycles. The van der Waals surface area contributed by atoms with E-state index in [-0.39, 0.29) is 11.7 Å². The Bertz CT molecular complexity index is 981. The fourth-order valence-corrected chi connectivity index (χ4v) is 2.85. The summed E-state index contributed by atoms with van der Waals surface area (Å²) in [5.74, 6) is -0.557. The number of benzene rings is 2. The monoisotopic (exact) mass is 333 g/mol. The van der Waals surface area contributed by atoms with Crippen LogP contribution < -0.4 is 5.32 Å². The van der Waals surface area contributed by atoms with Crippen molar-refractivity contribution in [2.45, 2.75) is 13.8 Å². The number of aromatic nitrogens is 1. The first-order valence-electron chi connectivity index (χ1n) is 7.76. The lowest BCUT2D eigenvalue weighted by Crippen LogP contribution is -2.13. The lowest BCUT2D eigenvalue weighted by atomic mass is 10.2. The molecule has 1 amide bonds. The van der Waals surface area contributed by atoms with Gasteiger partial charge in [-0.1, -0.05) is 6.07 Å². The second-order valence-electron chi connectivity index (χ2n) is 5.74. The van der Waals surface area contributed by atoms with E-state index in [1.165, 1.54) is 12.1 Å². The molecule has 124 valence electrons. The molecule has 5 heteroatoms. The Hall–Kier alpha value is -3.39. The van der Waals surface area contributed by atoms with Gasteiger partial charge in [-0.05, 0) is 62.4 Å². The van der Waals surface area contributed by atoms with Gasteiger partial charge in [-0.3, -0.25) is 4.79 Å². The first-order chi connectivity index (χ1) is 12.0. The van der Waals surface area contributed by atoms with Crippen LogP contribution in [0.4, 0.5) is 10.1 Å². The number of nitrogens with one attached hydrogen (secondary N) is 1. The van der Waals surface area contributed by atoms with E-state index in [9.17, 15) is 9.18 Å². The van der Waals surface area contributed by atoms with Crippen molar-refractivity contribution in [3.05, 3.63) is 82.9 Å². The largest absolute Gasteiger partial charge is 0.322 e. The van der Waals surface area contributed by atoms with E-state index >= 15 is 0 Å². The maximum absolute atomic E-state index is 13.1. The number of hydrogen-bond donors (Lipinski definition) is 1. The first kappa shape index (κ1) is 16.5. The first-order valence-corrected chi connectivity index (χ1v) is 7.76. The predicted molar refractivity (Wildman–Crippen MR) is 94.3 cm³/mol. The minimum atomic E-state index is -0.304. The van der Waals surface area contributed by atoms with Gasteiger partial charge in [0.05, 0.1) is 17.2 Å². The van der Waals surface area contributed by atoms with Gasteiger partial charge in [0.15, 0.2) is 0 Å². The van der Waals surface area contributed by atoms with E-state index in [0.717, 1.165) is 17.1 Å². The molecule has 0 aliphatic carbocycles. The summed E-state index contributed by atoms with van der Waals surface area (Å²) in [6, 6.07) is 16.7. The summed E-state index contributed by atoms with van der Waals surface area (Å²) in [5, 5.41) is 11.8. The van der Waals surface area contributed by atoms with Crippen molar-refractivity contribution in [3.63, 3.8) is 0 Å². The van der Waals surface area contributed by atoms with E-state index in [4.69, 9.17) is 5.26 Å². The van der Waals surface area contributed by atoms with Crippen molar-refractivity contribution >= 4 is 11.6 Å². The number of nitriles is 1. The Morgan fingerprint density at radius 1 is 1.12 bits per heavy atom. The summed E-state index contributed by atoms with van der Waals surface area (Å²) >= 11 is 0. The highest BCUT2D eigenvalue weighted by Crippen LogP contribution is 2.22. The summed E-state index contributed by atoms with van der Waals surface area (Å²) in [6.45, 7) is 3.74. The third kappa shape index (κ3) is 3.29. The molecular formula is C20H16FN3O. The van der Waals surface area contributed by atoms with Crippen molar-refractivity contribution in [2.75, 3.05) is 5.32 Å². The van der Waals surface area contributed by atoms with Gasteiger partial charge in [-0.2, -0.15) is 5.26 Å². The molecule has 0 saturated carbocycles. The van der Waals surface area contributed by atoms with E-state index in [2.05, 4.69) is 5.32 Å². The third-order valence-electron chi connectivity index (χ3n) is 4.01. The SMILES string of the molecule is Cc1cc(C(=O)Nc2cccc(C#N)c2)c(C)n1-c1ccc(F)cc1. The fraction of sp³-hybridized carbons (Fsp3) is 0.100. The Labute approximate surface area is 145 Å². The molecule has 0 aliphatic heterocycles. The average Bonchev–Trinajstić information content (AvgIpc) is 2.90. The Morgan fingerprint density at radius 3 is 2.52 bits per heavy atom. The van der Waals surface area contributed by atoms with E-state index < -0.39 is 0 Å². The lowest BCUT2D eigenvalue weighted by molar-refractivity contribution is 0.102. The molecule has 1 aromatic heterocycles. The minimum Gasteiger partial charge on any atom is -0.322 e. The summed E-state index contributed by atoms with van der Waals surface area (Å²) in [7, 11) is 0. The Balaban J connectivity index is 1.93. The number of carbonyl (C=O) groups is 1. The molecule has 4 nitrogen and oxygen atoms in total. The van der Waals surface area contributed by atoms with Gasteiger partial charge in [-0.15, -0.1) is 0 Å². The Kier molecular flexibility index (Phi) is 4.36. The van der Waals surface area contributed by atoms with Crippen LogP contribution in [-0.4, -0.2) is 10.5 Å². The summed E-state index contributed by atoms with van der Waals surface area (Å²) < 4.78 is 15.0. The van der Waals surface area contributed by atoms with Crippen LogP contribution in [-0.2, 0) is 0 Å². The van der Waals surface area contributed by atoms with Crippen LogP contribution in [0.25, 0.3) is 5.69 Å². The number of aryl methyl sites for hydroxylation is 1. The van der Waals surface area contributed by atoms with Crippen molar-refractivity contribution < 1.29 is 9.18 Å². The van der Waals surface area contributed by atoms with Gasteiger partial charge in [0, 0.05) is 22.8 Å². The van der Waals surface area contributed by atoms with Crippen LogP contribution in [0.1, 0.15) is 27.3 Å². The van der Waals surface area contributed by atoms with Crippen molar-refractivity contribution in [1.29, 1.82) is 5.26 Å². The molecule has 0 spiro atoms. The summed E-state index contributed by atoms with van der Waals surface area (Å²) in [5.41, 5.74) is 4.01. The van der Waals surface area contributed by atoms with Gasteiger partial charge in [0.25, 0.3) is 5.91 Å². The van der Waals surface area contributed by atoms with E-state index in [1.54, 1.807) is 42.5 Å². The number of hydrogen-bond acceptors (Lipinski definition) is 2. The topological polar surface area (TPSA) is 57.8 Å². The molecule has 25 heavy (non-hydrogen) atoms. The highest BCUT2D eigenvalue weighted by Gasteiger charge is 2.17. The molecule has 1 N–H and O–H groups in total. The van der Waals surface area contributed by atoms with Crippen LogP contribution in [0.2, 0.25) is 0 Å². The van der Waals surface area contributed by atoms with E-state index in [0.29, 0.717) is 16.8 Å². The predicted octanol–water partition coefficient (Wildman–Crippen LogP) is 4.36.